The van der Waals surface area contributed by atoms with E-state index < -0.39 is 0 Å². The van der Waals surface area contributed by atoms with Crippen molar-refractivity contribution in [2.24, 2.45) is 0 Å². The van der Waals surface area contributed by atoms with E-state index in [0.29, 0.717) is 11.0 Å². The SMILES string of the molecule is Clc1cccc([C@@H]2C=C(c3cccnc3)Nc3nnnn32)c1. The van der Waals surface area contributed by atoms with Crippen LogP contribution in [0.15, 0.2) is 54.9 Å². The molecule has 0 radical (unpaired) electrons. The molecule has 22 heavy (non-hydrogen) atoms. The predicted octanol–water partition coefficient (Wildman–Crippen LogP) is 2.78. The minimum absolute atomic E-state index is 0.125. The molecule has 0 amide bonds. The van der Waals surface area contributed by atoms with Gasteiger partial charge in [0.25, 0.3) is 0 Å². The fourth-order valence-corrected chi connectivity index (χ4v) is 2.67. The average molecular weight is 311 g/mol. The molecule has 2 aromatic heterocycles. The second kappa shape index (κ2) is 5.23. The highest BCUT2D eigenvalue weighted by Crippen LogP contribution is 2.32. The normalized spacial score (nSPS) is 16.6. The van der Waals surface area contributed by atoms with Gasteiger partial charge in [0, 0.05) is 28.7 Å². The van der Waals surface area contributed by atoms with E-state index in [2.05, 4.69) is 31.9 Å². The molecule has 1 aliphatic rings. The van der Waals surface area contributed by atoms with Gasteiger partial charge in [0.15, 0.2) is 0 Å². The maximum atomic E-state index is 6.11. The van der Waals surface area contributed by atoms with E-state index in [0.717, 1.165) is 16.8 Å². The smallest absolute Gasteiger partial charge is 0.248 e. The number of anilines is 1. The molecule has 6 nitrogen and oxygen atoms in total. The van der Waals surface area contributed by atoms with Gasteiger partial charge in [0.1, 0.15) is 6.04 Å². The summed E-state index contributed by atoms with van der Waals surface area (Å²) in [7, 11) is 0. The second-order valence-electron chi connectivity index (χ2n) is 4.89. The summed E-state index contributed by atoms with van der Waals surface area (Å²) in [6, 6.07) is 11.4. The highest BCUT2D eigenvalue weighted by molar-refractivity contribution is 6.30. The van der Waals surface area contributed by atoms with Crippen LogP contribution in [-0.2, 0) is 0 Å². The van der Waals surface area contributed by atoms with Crippen LogP contribution in [0.3, 0.4) is 0 Å². The molecule has 0 aliphatic carbocycles. The van der Waals surface area contributed by atoms with Crippen molar-refractivity contribution in [1.82, 2.24) is 25.2 Å². The van der Waals surface area contributed by atoms with Crippen molar-refractivity contribution in [2.45, 2.75) is 6.04 Å². The molecule has 0 saturated carbocycles. The van der Waals surface area contributed by atoms with Crippen molar-refractivity contribution < 1.29 is 0 Å². The van der Waals surface area contributed by atoms with Crippen LogP contribution in [0, 0.1) is 0 Å². The molecule has 1 atom stereocenters. The molecule has 1 aliphatic heterocycles. The van der Waals surface area contributed by atoms with Crippen LogP contribution in [0.1, 0.15) is 17.2 Å². The molecule has 7 heteroatoms. The number of allylic oxidation sites excluding steroid dienone is 1. The van der Waals surface area contributed by atoms with Crippen LogP contribution in [0.2, 0.25) is 5.02 Å². The van der Waals surface area contributed by atoms with Crippen molar-refractivity contribution in [2.75, 3.05) is 5.32 Å². The maximum absolute atomic E-state index is 6.11. The molecule has 0 saturated heterocycles. The summed E-state index contributed by atoms with van der Waals surface area (Å²) in [6.07, 6.45) is 5.60. The Balaban J connectivity index is 1.83. The van der Waals surface area contributed by atoms with Crippen molar-refractivity contribution in [3.63, 3.8) is 0 Å². The molecular formula is C15H11ClN6. The summed E-state index contributed by atoms with van der Waals surface area (Å²) in [6.45, 7) is 0. The van der Waals surface area contributed by atoms with Gasteiger partial charge in [-0.2, -0.15) is 4.68 Å². The Morgan fingerprint density at radius 2 is 2.14 bits per heavy atom. The van der Waals surface area contributed by atoms with Crippen molar-refractivity contribution in [3.8, 4) is 0 Å². The van der Waals surface area contributed by atoms with Gasteiger partial charge in [-0.3, -0.25) is 4.98 Å². The first kappa shape index (κ1) is 13.0. The second-order valence-corrected chi connectivity index (χ2v) is 5.33. The first-order valence-electron chi connectivity index (χ1n) is 6.74. The lowest BCUT2D eigenvalue weighted by Gasteiger charge is -2.23. The highest BCUT2D eigenvalue weighted by atomic mass is 35.5. The highest BCUT2D eigenvalue weighted by Gasteiger charge is 2.24. The van der Waals surface area contributed by atoms with E-state index in [-0.39, 0.29) is 6.04 Å². The number of nitrogens with one attached hydrogen (secondary N) is 1. The van der Waals surface area contributed by atoms with E-state index in [4.69, 9.17) is 11.6 Å². The Morgan fingerprint density at radius 1 is 1.18 bits per heavy atom. The molecule has 3 heterocycles. The van der Waals surface area contributed by atoms with Crippen LogP contribution in [-0.4, -0.2) is 25.2 Å². The van der Waals surface area contributed by atoms with Gasteiger partial charge in [0.05, 0.1) is 0 Å². The van der Waals surface area contributed by atoms with Crippen molar-refractivity contribution >= 4 is 23.2 Å². The van der Waals surface area contributed by atoms with Gasteiger partial charge in [-0.25, -0.2) is 0 Å². The van der Waals surface area contributed by atoms with Gasteiger partial charge < -0.3 is 5.32 Å². The van der Waals surface area contributed by atoms with E-state index in [1.807, 2.05) is 36.4 Å². The number of hydrogen-bond donors (Lipinski definition) is 1. The minimum Gasteiger partial charge on any atom is -0.323 e. The number of pyridine rings is 1. The summed E-state index contributed by atoms with van der Waals surface area (Å²) < 4.78 is 1.73. The van der Waals surface area contributed by atoms with Gasteiger partial charge >= 0.3 is 0 Å². The first-order chi connectivity index (χ1) is 10.8. The lowest BCUT2D eigenvalue weighted by molar-refractivity contribution is 0.586. The number of halogens is 1. The summed E-state index contributed by atoms with van der Waals surface area (Å²) in [5.74, 6) is 0.589. The van der Waals surface area contributed by atoms with Crippen molar-refractivity contribution in [1.29, 1.82) is 0 Å². The first-order valence-corrected chi connectivity index (χ1v) is 7.11. The number of tetrazole rings is 1. The van der Waals surface area contributed by atoms with Crippen LogP contribution in [0.5, 0.6) is 0 Å². The molecule has 0 unspecified atom stereocenters. The number of hydrogen-bond acceptors (Lipinski definition) is 5. The van der Waals surface area contributed by atoms with E-state index in [9.17, 15) is 0 Å². The Labute approximate surface area is 131 Å². The van der Waals surface area contributed by atoms with Gasteiger partial charge in [-0.15, -0.1) is 0 Å². The summed E-state index contributed by atoms with van der Waals surface area (Å²) in [5.41, 5.74) is 2.91. The topological polar surface area (TPSA) is 68.5 Å². The monoisotopic (exact) mass is 310 g/mol. The molecular weight excluding hydrogens is 300 g/mol. The lowest BCUT2D eigenvalue weighted by atomic mass is 10.0. The van der Waals surface area contributed by atoms with E-state index >= 15 is 0 Å². The Kier molecular flexibility index (Phi) is 3.08. The molecule has 3 aromatic rings. The van der Waals surface area contributed by atoms with Gasteiger partial charge in [0.2, 0.25) is 5.95 Å². The molecule has 108 valence electrons. The van der Waals surface area contributed by atoms with Gasteiger partial charge in [-0.1, -0.05) is 28.8 Å². The molecule has 0 bridgehead atoms. The Hall–Kier alpha value is -2.73. The number of benzene rings is 1. The fourth-order valence-electron chi connectivity index (χ4n) is 2.47. The third-order valence-corrected chi connectivity index (χ3v) is 3.73. The van der Waals surface area contributed by atoms with E-state index in [1.54, 1.807) is 17.1 Å². The Bertz CT molecular complexity index is 842. The zero-order valence-electron chi connectivity index (χ0n) is 11.4. The quantitative estimate of drug-likeness (QED) is 0.788. The molecule has 0 fully saturated rings. The van der Waals surface area contributed by atoms with Crippen LogP contribution in [0.25, 0.3) is 5.70 Å². The minimum atomic E-state index is -0.125. The van der Waals surface area contributed by atoms with Gasteiger partial charge in [-0.05, 0) is 46.3 Å². The lowest BCUT2D eigenvalue weighted by Crippen LogP contribution is -2.20. The third kappa shape index (κ3) is 2.23. The number of nitrogens with zero attached hydrogens (tertiary/aromatic N) is 5. The number of rotatable bonds is 2. The fraction of sp³-hybridized carbons (Fsp3) is 0.0667. The van der Waals surface area contributed by atoms with Crippen LogP contribution < -0.4 is 5.32 Å². The molecule has 4 rings (SSSR count). The molecule has 1 aromatic carbocycles. The third-order valence-electron chi connectivity index (χ3n) is 3.49. The number of aromatic nitrogens is 5. The average Bonchev–Trinajstić information content (AvgIpc) is 3.03. The predicted molar refractivity (Wildman–Crippen MR) is 83.2 cm³/mol. The number of fused-ring (bicyclic) bond motifs is 1. The van der Waals surface area contributed by atoms with Crippen molar-refractivity contribution in [3.05, 3.63) is 71.0 Å². The Morgan fingerprint density at radius 3 is 2.95 bits per heavy atom. The largest absolute Gasteiger partial charge is 0.323 e. The standard InChI is InChI=1S/C15H11ClN6/c16-12-5-1-3-10(7-12)14-8-13(11-4-2-6-17-9-11)18-15-19-20-21-22(14)15/h1-9,14H,(H,18,19,21)/t14-/m0/s1. The molecule has 1 N–H and O–H groups in total. The summed E-state index contributed by atoms with van der Waals surface area (Å²) >= 11 is 6.11. The van der Waals surface area contributed by atoms with Crippen LogP contribution >= 0.6 is 11.6 Å². The zero-order chi connectivity index (χ0) is 14.9. The maximum Gasteiger partial charge on any atom is 0.248 e. The zero-order valence-corrected chi connectivity index (χ0v) is 12.1. The summed E-state index contributed by atoms with van der Waals surface area (Å²) in [4.78, 5) is 4.15. The van der Waals surface area contributed by atoms with Crippen LogP contribution in [0.4, 0.5) is 5.95 Å². The molecule has 0 spiro atoms. The summed E-state index contributed by atoms with van der Waals surface area (Å²) in [5, 5.41) is 15.7. The van der Waals surface area contributed by atoms with E-state index in [1.165, 1.54) is 0 Å².